The zero-order valence-electron chi connectivity index (χ0n) is 16.7. The number of aliphatic hydroxyl groups excluding tert-OH is 1. The maximum absolute atomic E-state index is 11.0. The first-order valence-corrected chi connectivity index (χ1v) is 10.5. The Morgan fingerprint density at radius 3 is 2.81 bits per heavy atom. The minimum atomic E-state index is -0.631. The molecule has 3 nitrogen and oxygen atoms in total. The van der Waals surface area contributed by atoms with Crippen LogP contribution in [0.2, 0.25) is 0 Å². The summed E-state index contributed by atoms with van der Waals surface area (Å²) in [6.07, 6.45) is 12.9. The van der Waals surface area contributed by atoms with Crippen molar-refractivity contribution in [2.24, 2.45) is 28.3 Å². The zero-order chi connectivity index (χ0) is 18.9. The Kier molecular flexibility index (Phi) is 5.86. The van der Waals surface area contributed by atoms with Crippen LogP contribution >= 0.6 is 0 Å². The summed E-state index contributed by atoms with van der Waals surface area (Å²) in [5, 5.41) is 13.3. The number of hydrogen-bond acceptors (Lipinski definition) is 3. The van der Waals surface area contributed by atoms with Gasteiger partial charge in [0.15, 0.2) is 0 Å². The van der Waals surface area contributed by atoms with Crippen molar-refractivity contribution in [3.8, 4) is 0 Å². The summed E-state index contributed by atoms with van der Waals surface area (Å²) >= 11 is 0. The van der Waals surface area contributed by atoms with E-state index in [-0.39, 0.29) is 0 Å². The van der Waals surface area contributed by atoms with E-state index in [9.17, 15) is 10.0 Å². The molecule has 0 aromatic rings. The van der Waals surface area contributed by atoms with Crippen molar-refractivity contribution in [2.45, 2.75) is 84.3 Å². The molecule has 0 aromatic carbocycles. The Bertz CT molecular complexity index is 620. The second-order valence-electron chi connectivity index (χ2n) is 9.17. The van der Waals surface area contributed by atoms with Crippen LogP contribution in [0, 0.1) is 28.1 Å². The highest BCUT2D eigenvalue weighted by atomic mass is 16.3. The fraction of sp³-hybridized carbons (Fsp3) is 0.739. The first-order valence-electron chi connectivity index (χ1n) is 10.5. The summed E-state index contributed by atoms with van der Waals surface area (Å²) in [5.74, 6) is 2.36. The number of nitroso groups, excluding NO2 is 1. The summed E-state index contributed by atoms with van der Waals surface area (Å²) < 4.78 is 0. The van der Waals surface area contributed by atoms with Gasteiger partial charge in [-0.3, -0.25) is 0 Å². The van der Waals surface area contributed by atoms with Gasteiger partial charge in [-0.1, -0.05) is 62.2 Å². The van der Waals surface area contributed by atoms with Gasteiger partial charge < -0.3 is 5.11 Å². The van der Waals surface area contributed by atoms with E-state index in [0.717, 1.165) is 17.4 Å². The second-order valence-corrected chi connectivity index (χ2v) is 9.17. The van der Waals surface area contributed by atoms with Gasteiger partial charge in [0.2, 0.25) is 0 Å². The third-order valence-electron chi connectivity index (χ3n) is 7.80. The molecule has 1 N–H and O–H groups in total. The van der Waals surface area contributed by atoms with Crippen molar-refractivity contribution in [3.05, 3.63) is 40.4 Å². The van der Waals surface area contributed by atoms with Crippen molar-refractivity contribution >= 4 is 0 Å². The molecule has 3 aliphatic rings. The summed E-state index contributed by atoms with van der Waals surface area (Å²) in [7, 11) is 0. The van der Waals surface area contributed by atoms with Crippen molar-refractivity contribution in [3.63, 3.8) is 0 Å². The monoisotopic (exact) mass is 357 g/mol. The minimum absolute atomic E-state index is 0.450. The standard InChI is InChI=1S/C23H35NO2/c1-5-15(2)19-10-11-20-18(7-6-12-23(19,20)4)9-8-17-13-21(24-26)16(3)22(25)14-17/h8-9,15,19-22,25H,3,5-7,10-14H2,1-2,4H3/b17-8-,18-9+/t15-,19?,20?,21-,22-,23-/m1/s1. The molecule has 3 heteroatoms. The summed E-state index contributed by atoms with van der Waals surface area (Å²) in [6.45, 7) is 11.1. The number of hydrogen-bond donors (Lipinski definition) is 1. The first kappa shape index (κ1) is 19.5. The van der Waals surface area contributed by atoms with Crippen molar-refractivity contribution < 1.29 is 5.11 Å². The number of allylic oxidation sites excluding steroid dienone is 3. The minimum Gasteiger partial charge on any atom is -0.388 e. The van der Waals surface area contributed by atoms with Gasteiger partial charge in [-0.2, -0.15) is 4.91 Å². The molecule has 3 saturated carbocycles. The molecule has 0 radical (unpaired) electrons. The molecule has 0 saturated heterocycles. The molecule has 0 aromatic heterocycles. The Morgan fingerprint density at radius 1 is 1.35 bits per heavy atom. The average Bonchev–Trinajstić information content (AvgIpc) is 2.99. The summed E-state index contributed by atoms with van der Waals surface area (Å²) in [5.41, 5.74) is 3.74. The number of aliphatic hydroxyl groups is 1. The lowest BCUT2D eigenvalue weighted by Crippen LogP contribution is -2.35. The predicted octanol–water partition coefficient (Wildman–Crippen LogP) is 5.95. The number of fused-ring (bicyclic) bond motifs is 1. The Labute approximate surface area is 158 Å². The van der Waals surface area contributed by atoms with E-state index in [2.05, 4.69) is 44.7 Å². The van der Waals surface area contributed by atoms with Crippen LogP contribution in [-0.2, 0) is 0 Å². The largest absolute Gasteiger partial charge is 0.388 e. The molecule has 6 atom stereocenters. The Balaban J connectivity index is 1.79. The molecule has 3 fully saturated rings. The van der Waals surface area contributed by atoms with Crippen LogP contribution in [-0.4, -0.2) is 17.3 Å². The quantitative estimate of drug-likeness (QED) is 0.499. The third-order valence-corrected chi connectivity index (χ3v) is 7.80. The average molecular weight is 358 g/mol. The van der Waals surface area contributed by atoms with Gasteiger partial charge in [-0.15, -0.1) is 0 Å². The van der Waals surface area contributed by atoms with E-state index in [1.54, 1.807) is 5.57 Å². The summed E-state index contributed by atoms with van der Waals surface area (Å²) in [6, 6.07) is -0.471. The molecule has 0 spiro atoms. The Hall–Kier alpha value is -1.22. The maximum atomic E-state index is 11.0. The predicted molar refractivity (Wildman–Crippen MR) is 108 cm³/mol. The molecule has 0 amide bonds. The van der Waals surface area contributed by atoms with Crippen LogP contribution in [0.5, 0.6) is 0 Å². The number of rotatable bonds is 4. The van der Waals surface area contributed by atoms with Crippen molar-refractivity contribution in [2.75, 3.05) is 0 Å². The molecule has 0 heterocycles. The van der Waals surface area contributed by atoms with Gasteiger partial charge in [0.25, 0.3) is 0 Å². The van der Waals surface area contributed by atoms with Crippen molar-refractivity contribution in [1.82, 2.24) is 0 Å². The van der Waals surface area contributed by atoms with Crippen LogP contribution in [0.15, 0.2) is 40.6 Å². The van der Waals surface area contributed by atoms with E-state index >= 15 is 0 Å². The van der Waals surface area contributed by atoms with Gasteiger partial charge in [-0.25, -0.2) is 0 Å². The van der Waals surface area contributed by atoms with Crippen LogP contribution < -0.4 is 0 Å². The maximum Gasteiger partial charge on any atom is 0.119 e. The fourth-order valence-corrected chi connectivity index (χ4v) is 6.03. The first-order chi connectivity index (χ1) is 12.4. The summed E-state index contributed by atoms with van der Waals surface area (Å²) in [4.78, 5) is 11.0. The normalized spacial score (nSPS) is 42.1. The second kappa shape index (κ2) is 7.80. The topological polar surface area (TPSA) is 49.7 Å². The molecule has 0 aliphatic heterocycles. The highest BCUT2D eigenvalue weighted by Gasteiger charge is 2.50. The highest BCUT2D eigenvalue weighted by Crippen LogP contribution is 2.59. The molecule has 0 bridgehead atoms. The smallest absolute Gasteiger partial charge is 0.119 e. The van der Waals surface area contributed by atoms with E-state index in [1.165, 1.54) is 38.5 Å². The molecule has 26 heavy (non-hydrogen) atoms. The van der Waals surface area contributed by atoms with E-state index in [0.29, 0.717) is 29.7 Å². The lowest BCUT2D eigenvalue weighted by molar-refractivity contribution is 0.0961. The van der Waals surface area contributed by atoms with Crippen LogP contribution in [0.4, 0.5) is 0 Å². The van der Waals surface area contributed by atoms with E-state index in [4.69, 9.17) is 0 Å². The number of nitrogens with zero attached hydrogens (tertiary/aromatic N) is 1. The molecule has 3 aliphatic carbocycles. The van der Waals surface area contributed by atoms with Gasteiger partial charge in [0, 0.05) is 0 Å². The molecular weight excluding hydrogens is 322 g/mol. The van der Waals surface area contributed by atoms with E-state index < -0.39 is 12.1 Å². The van der Waals surface area contributed by atoms with Gasteiger partial charge >= 0.3 is 0 Å². The van der Waals surface area contributed by atoms with Gasteiger partial charge in [-0.05, 0) is 73.7 Å². The van der Waals surface area contributed by atoms with Crippen LogP contribution in [0.1, 0.15) is 72.1 Å². The lowest BCUT2D eigenvalue weighted by Gasteiger charge is -2.44. The van der Waals surface area contributed by atoms with Crippen LogP contribution in [0.25, 0.3) is 0 Å². The van der Waals surface area contributed by atoms with E-state index in [1.807, 2.05) is 0 Å². The third kappa shape index (κ3) is 3.47. The molecule has 144 valence electrons. The lowest BCUT2D eigenvalue weighted by atomic mass is 9.61. The van der Waals surface area contributed by atoms with Gasteiger partial charge in [0.05, 0.1) is 6.10 Å². The Morgan fingerprint density at radius 2 is 2.12 bits per heavy atom. The van der Waals surface area contributed by atoms with Crippen LogP contribution in [0.3, 0.4) is 0 Å². The van der Waals surface area contributed by atoms with Gasteiger partial charge in [0.1, 0.15) is 6.04 Å². The zero-order valence-corrected chi connectivity index (χ0v) is 16.7. The van der Waals surface area contributed by atoms with Crippen molar-refractivity contribution in [1.29, 1.82) is 0 Å². The molecule has 3 rings (SSSR count). The molecular formula is C23H35NO2. The highest BCUT2D eigenvalue weighted by molar-refractivity contribution is 5.30. The SMILES string of the molecule is C=C1[C@H](O)C/C(=C\C=C2/CCC[C@@]3(C)C2CCC3[C@H](C)CC)C[C@H]1N=O. The fourth-order valence-electron chi connectivity index (χ4n) is 6.03. The molecule has 2 unspecified atom stereocenters.